The van der Waals surface area contributed by atoms with E-state index in [0.717, 1.165) is 6.42 Å². The predicted molar refractivity (Wildman–Crippen MR) is 62.4 cm³/mol. The molecule has 0 aromatic heterocycles. The Morgan fingerprint density at radius 2 is 2.20 bits per heavy atom. The molecule has 2 atom stereocenters. The standard InChI is InChI=1S/C11H16FNOS/c1-3-8(2)15(14)7-9-5-4-6-10(13)11(9)12/h4-6,8H,3,7,13H2,1-2H3. The van der Waals surface area contributed by atoms with Gasteiger partial charge in [0.05, 0.1) is 11.4 Å². The Bertz CT molecular complexity index is 368. The fourth-order valence-corrected chi connectivity index (χ4v) is 2.38. The summed E-state index contributed by atoms with van der Waals surface area (Å²) >= 11 is 0. The van der Waals surface area contributed by atoms with Crippen molar-refractivity contribution in [1.82, 2.24) is 0 Å². The highest BCUT2D eigenvalue weighted by Crippen LogP contribution is 2.17. The molecule has 0 aliphatic rings. The van der Waals surface area contributed by atoms with Crippen molar-refractivity contribution < 1.29 is 8.60 Å². The quantitative estimate of drug-likeness (QED) is 0.806. The van der Waals surface area contributed by atoms with Crippen LogP contribution in [0.5, 0.6) is 0 Å². The predicted octanol–water partition coefficient (Wildman–Crippen LogP) is 2.46. The van der Waals surface area contributed by atoms with Crippen molar-refractivity contribution in [1.29, 1.82) is 0 Å². The molecule has 84 valence electrons. The first kappa shape index (κ1) is 12.2. The second-order valence-corrected chi connectivity index (χ2v) is 5.42. The molecule has 2 unspecified atom stereocenters. The van der Waals surface area contributed by atoms with Crippen molar-refractivity contribution in [2.45, 2.75) is 31.3 Å². The number of rotatable bonds is 4. The molecule has 2 nitrogen and oxygen atoms in total. The van der Waals surface area contributed by atoms with Crippen LogP contribution in [-0.2, 0) is 16.6 Å². The maximum absolute atomic E-state index is 13.5. The van der Waals surface area contributed by atoms with Gasteiger partial charge in [0, 0.05) is 21.6 Å². The minimum absolute atomic E-state index is 0.0887. The Balaban J connectivity index is 2.81. The molecule has 2 N–H and O–H groups in total. The third kappa shape index (κ3) is 3.02. The summed E-state index contributed by atoms with van der Waals surface area (Å²) in [6, 6.07) is 4.82. The Kier molecular flexibility index (Phi) is 4.27. The van der Waals surface area contributed by atoms with Crippen LogP contribution in [0.3, 0.4) is 0 Å². The molecule has 0 heterocycles. The van der Waals surface area contributed by atoms with E-state index in [1.807, 2.05) is 13.8 Å². The van der Waals surface area contributed by atoms with E-state index in [4.69, 9.17) is 5.73 Å². The van der Waals surface area contributed by atoms with E-state index in [2.05, 4.69) is 0 Å². The van der Waals surface area contributed by atoms with E-state index >= 15 is 0 Å². The number of benzene rings is 1. The zero-order valence-electron chi connectivity index (χ0n) is 9.00. The van der Waals surface area contributed by atoms with Gasteiger partial charge in [-0.1, -0.05) is 26.0 Å². The third-order valence-electron chi connectivity index (χ3n) is 2.43. The van der Waals surface area contributed by atoms with Gasteiger partial charge in [-0.2, -0.15) is 0 Å². The molecule has 1 rings (SSSR count). The molecule has 0 radical (unpaired) electrons. The topological polar surface area (TPSA) is 43.1 Å². The molecule has 0 aliphatic carbocycles. The maximum atomic E-state index is 13.5. The Morgan fingerprint density at radius 1 is 1.53 bits per heavy atom. The second-order valence-electron chi connectivity index (χ2n) is 3.56. The molecule has 0 spiro atoms. The monoisotopic (exact) mass is 229 g/mol. The minimum Gasteiger partial charge on any atom is -0.396 e. The summed E-state index contributed by atoms with van der Waals surface area (Å²) in [7, 11) is -1.03. The van der Waals surface area contributed by atoms with Gasteiger partial charge >= 0.3 is 0 Å². The lowest BCUT2D eigenvalue weighted by Crippen LogP contribution is -2.12. The lowest BCUT2D eigenvalue weighted by atomic mass is 10.2. The highest BCUT2D eigenvalue weighted by Gasteiger charge is 2.13. The largest absolute Gasteiger partial charge is 0.396 e. The first-order valence-electron chi connectivity index (χ1n) is 4.96. The maximum Gasteiger partial charge on any atom is 0.150 e. The van der Waals surface area contributed by atoms with Crippen LogP contribution in [0.4, 0.5) is 10.1 Å². The number of nitrogens with two attached hydrogens (primary N) is 1. The smallest absolute Gasteiger partial charge is 0.150 e. The lowest BCUT2D eigenvalue weighted by Gasteiger charge is -2.09. The van der Waals surface area contributed by atoms with Gasteiger partial charge in [-0.25, -0.2) is 4.39 Å². The summed E-state index contributed by atoms with van der Waals surface area (Å²) in [5, 5.41) is 0.0887. The lowest BCUT2D eigenvalue weighted by molar-refractivity contribution is 0.619. The summed E-state index contributed by atoms with van der Waals surface area (Å²) in [5.41, 5.74) is 5.99. The van der Waals surface area contributed by atoms with E-state index in [9.17, 15) is 8.60 Å². The van der Waals surface area contributed by atoms with Crippen LogP contribution < -0.4 is 5.73 Å². The normalized spacial score (nSPS) is 14.9. The number of halogens is 1. The van der Waals surface area contributed by atoms with Crippen LogP contribution >= 0.6 is 0 Å². The van der Waals surface area contributed by atoms with Crippen LogP contribution in [-0.4, -0.2) is 9.46 Å². The van der Waals surface area contributed by atoms with Crippen LogP contribution in [0.2, 0.25) is 0 Å². The fraction of sp³-hybridized carbons (Fsp3) is 0.455. The molecule has 0 fully saturated rings. The molecule has 0 amide bonds. The zero-order valence-corrected chi connectivity index (χ0v) is 9.81. The van der Waals surface area contributed by atoms with Crippen molar-refractivity contribution in [2.75, 3.05) is 5.73 Å². The molecular formula is C11H16FNOS. The van der Waals surface area contributed by atoms with Crippen molar-refractivity contribution >= 4 is 16.5 Å². The fourth-order valence-electron chi connectivity index (χ4n) is 1.19. The summed E-state index contributed by atoms with van der Waals surface area (Å²) in [6.45, 7) is 3.87. The molecule has 0 saturated heterocycles. The molecular weight excluding hydrogens is 213 g/mol. The summed E-state index contributed by atoms with van der Waals surface area (Å²) in [6.07, 6.45) is 0.830. The Hall–Kier alpha value is -0.900. The Labute approximate surface area is 92.1 Å². The van der Waals surface area contributed by atoms with Crippen LogP contribution in [0, 0.1) is 5.82 Å². The van der Waals surface area contributed by atoms with E-state index in [-0.39, 0.29) is 16.7 Å². The van der Waals surface area contributed by atoms with E-state index in [0.29, 0.717) is 5.56 Å². The van der Waals surface area contributed by atoms with Gasteiger partial charge < -0.3 is 5.73 Å². The minimum atomic E-state index is -1.03. The summed E-state index contributed by atoms with van der Waals surface area (Å²) < 4.78 is 25.2. The van der Waals surface area contributed by atoms with Gasteiger partial charge in [-0.15, -0.1) is 0 Å². The number of hydrogen-bond donors (Lipinski definition) is 1. The highest BCUT2D eigenvalue weighted by molar-refractivity contribution is 7.84. The summed E-state index contributed by atoms with van der Waals surface area (Å²) in [4.78, 5) is 0. The van der Waals surface area contributed by atoms with Crippen molar-refractivity contribution in [3.8, 4) is 0 Å². The molecule has 1 aromatic carbocycles. The van der Waals surface area contributed by atoms with E-state index < -0.39 is 16.6 Å². The van der Waals surface area contributed by atoms with Crippen molar-refractivity contribution in [3.05, 3.63) is 29.6 Å². The second kappa shape index (κ2) is 5.26. The van der Waals surface area contributed by atoms with Gasteiger partial charge in [0.2, 0.25) is 0 Å². The van der Waals surface area contributed by atoms with Crippen molar-refractivity contribution in [3.63, 3.8) is 0 Å². The number of anilines is 1. The van der Waals surface area contributed by atoms with E-state index in [1.54, 1.807) is 12.1 Å². The van der Waals surface area contributed by atoms with Gasteiger partial charge in [-0.05, 0) is 12.5 Å². The average molecular weight is 229 g/mol. The number of hydrogen-bond acceptors (Lipinski definition) is 2. The Morgan fingerprint density at radius 3 is 2.80 bits per heavy atom. The molecule has 0 aliphatic heterocycles. The first-order chi connectivity index (χ1) is 7.06. The first-order valence-corrected chi connectivity index (χ1v) is 6.34. The summed E-state index contributed by atoms with van der Waals surface area (Å²) in [5.74, 6) is -0.194. The average Bonchev–Trinajstić information content (AvgIpc) is 2.23. The molecule has 0 bridgehead atoms. The van der Waals surface area contributed by atoms with Crippen molar-refractivity contribution in [2.24, 2.45) is 0 Å². The SMILES string of the molecule is CCC(C)S(=O)Cc1cccc(N)c1F. The molecule has 0 saturated carbocycles. The van der Waals surface area contributed by atoms with Crippen LogP contribution in [0.25, 0.3) is 0 Å². The van der Waals surface area contributed by atoms with Crippen LogP contribution in [0.1, 0.15) is 25.8 Å². The molecule has 4 heteroatoms. The van der Waals surface area contributed by atoms with Gasteiger partial charge in [0.25, 0.3) is 0 Å². The van der Waals surface area contributed by atoms with E-state index in [1.165, 1.54) is 6.07 Å². The van der Waals surface area contributed by atoms with Crippen LogP contribution in [0.15, 0.2) is 18.2 Å². The van der Waals surface area contributed by atoms with Gasteiger partial charge in [0.15, 0.2) is 0 Å². The van der Waals surface area contributed by atoms with Gasteiger partial charge in [0.1, 0.15) is 5.82 Å². The highest BCUT2D eigenvalue weighted by atomic mass is 32.2. The van der Waals surface area contributed by atoms with Gasteiger partial charge in [-0.3, -0.25) is 4.21 Å². The molecule has 1 aromatic rings. The third-order valence-corrected chi connectivity index (χ3v) is 4.26. The molecule has 15 heavy (non-hydrogen) atoms. The zero-order chi connectivity index (χ0) is 11.4. The number of nitrogen functional groups attached to an aromatic ring is 1.